The molecule has 0 atom stereocenters. The van der Waals surface area contributed by atoms with Crippen LogP contribution in [0.3, 0.4) is 0 Å². The van der Waals surface area contributed by atoms with Crippen LogP contribution in [0.4, 0.5) is 0 Å². The Morgan fingerprint density at radius 1 is 1.28 bits per heavy atom. The molecule has 1 aromatic carbocycles. The van der Waals surface area contributed by atoms with E-state index in [4.69, 9.17) is 4.74 Å². The summed E-state index contributed by atoms with van der Waals surface area (Å²) in [4.78, 5) is 21.3. The first-order valence-electron chi connectivity index (χ1n) is 8.28. The molecule has 6 nitrogen and oxygen atoms in total. The fraction of sp³-hybridized carbons (Fsp3) is 0.316. The van der Waals surface area contributed by atoms with Gasteiger partial charge in [0, 0.05) is 29.3 Å². The van der Waals surface area contributed by atoms with Gasteiger partial charge in [0.15, 0.2) is 0 Å². The summed E-state index contributed by atoms with van der Waals surface area (Å²) in [6, 6.07) is 7.63. The van der Waals surface area contributed by atoms with Gasteiger partial charge in [0.1, 0.15) is 11.6 Å². The molecule has 0 fully saturated rings. The molecule has 3 aromatic rings. The van der Waals surface area contributed by atoms with Gasteiger partial charge in [0.2, 0.25) is 0 Å². The second kappa shape index (κ2) is 6.93. The number of ether oxygens (including phenoxy) is 1. The average Bonchev–Trinajstić information content (AvgIpc) is 2.90. The molecule has 2 aromatic heterocycles. The summed E-state index contributed by atoms with van der Waals surface area (Å²) < 4.78 is 7.46. The molecule has 0 spiro atoms. The van der Waals surface area contributed by atoms with Crippen molar-refractivity contribution in [3.63, 3.8) is 0 Å². The number of hydrogen-bond donors (Lipinski definition) is 1. The summed E-state index contributed by atoms with van der Waals surface area (Å²) >= 11 is 0. The lowest BCUT2D eigenvalue weighted by molar-refractivity contribution is 0.0951. The number of carbonyl (C=O) groups excluding carboxylic acids is 1. The van der Waals surface area contributed by atoms with Gasteiger partial charge in [-0.25, -0.2) is 9.97 Å². The van der Waals surface area contributed by atoms with Crippen LogP contribution >= 0.6 is 0 Å². The highest BCUT2D eigenvalue weighted by molar-refractivity contribution is 6.08. The lowest BCUT2D eigenvalue weighted by Crippen LogP contribution is -2.24. The summed E-state index contributed by atoms with van der Waals surface area (Å²) in [7, 11) is 1.63. The zero-order valence-electron chi connectivity index (χ0n) is 15.0. The number of carbonyl (C=O) groups is 1. The lowest BCUT2D eigenvalue weighted by Gasteiger charge is -2.07. The van der Waals surface area contributed by atoms with E-state index in [-0.39, 0.29) is 5.91 Å². The van der Waals surface area contributed by atoms with E-state index in [1.54, 1.807) is 19.4 Å². The molecule has 0 aliphatic heterocycles. The topological polar surface area (TPSA) is 69.0 Å². The number of methoxy groups -OCH3 is 1. The van der Waals surface area contributed by atoms with Crippen LogP contribution in [0.1, 0.15) is 34.5 Å². The zero-order chi connectivity index (χ0) is 18.0. The highest BCUT2D eigenvalue weighted by atomic mass is 16.5. The van der Waals surface area contributed by atoms with Gasteiger partial charge >= 0.3 is 0 Å². The predicted octanol–water partition coefficient (Wildman–Crippen LogP) is 3.01. The molecule has 0 radical (unpaired) electrons. The van der Waals surface area contributed by atoms with Crippen LogP contribution in [0.15, 0.2) is 30.5 Å². The lowest BCUT2D eigenvalue weighted by atomic mass is 10.1. The Bertz CT molecular complexity index is 931. The number of nitrogens with zero attached hydrogens (tertiary/aromatic N) is 3. The summed E-state index contributed by atoms with van der Waals surface area (Å²) in [5, 5.41) is 3.87. The molecule has 0 aliphatic carbocycles. The molecule has 3 rings (SSSR count). The van der Waals surface area contributed by atoms with Gasteiger partial charge in [-0.3, -0.25) is 4.79 Å². The quantitative estimate of drug-likeness (QED) is 0.776. The number of benzene rings is 1. The van der Waals surface area contributed by atoms with Gasteiger partial charge in [-0.05, 0) is 45.0 Å². The third-order valence-electron chi connectivity index (χ3n) is 4.34. The van der Waals surface area contributed by atoms with Crippen LogP contribution in [0, 0.1) is 13.8 Å². The van der Waals surface area contributed by atoms with Crippen molar-refractivity contribution in [2.75, 3.05) is 7.11 Å². The highest BCUT2D eigenvalue weighted by Crippen LogP contribution is 2.29. The molecule has 25 heavy (non-hydrogen) atoms. The van der Waals surface area contributed by atoms with Crippen molar-refractivity contribution >= 4 is 16.8 Å². The largest absolute Gasteiger partial charge is 0.497 e. The molecule has 2 heterocycles. The van der Waals surface area contributed by atoms with E-state index in [2.05, 4.69) is 26.8 Å². The van der Waals surface area contributed by atoms with Gasteiger partial charge in [-0.1, -0.05) is 0 Å². The van der Waals surface area contributed by atoms with Gasteiger partial charge in [-0.15, -0.1) is 0 Å². The van der Waals surface area contributed by atoms with E-state index < -0.39 is 0 Å². The number of fused-ring (bicyclic) bond motifs is 1. The first-order chi connectivity index (χ1) is 12.0. The normalized spacial score (nSPS) is 10.9. The molecule has 0 unspecified atom stereocenters. The number of hydrogen-bond acceptors (Lipinski definition) is 4. The van der Waals surface area contributed by atoms with Crippen LogP contribution in [-0.2, 0) is 13.1 Å². The number of nitrogens with one attached hydrogen (secondary N) is 1. The number of amides is 1. The standard InChI is InChI=1S/C19H22N4O2/c1-5-23-12(2)18(16-10-15(25-4)6-7-17(16)23)19(24)21-11-14-8-9-20-13(3)22-14/h6-10H,5,11H2,1-4H3,(H,21,24). The molecular formula is C19H22N4O2. The molecule has 0 aliphatic rings. The monoisotopic (exact) mass is 338 g/mol. The predicted molar refractivity (Wildman–Crippen MR) is 96.8 cm³/mol. The minimum Gasteiger partial charge on any atom is -0.497 e. The minimum atomic E-state index is -0.112. The van der Waals surface area contributed by atoms with Crippen LogP contribution in [0.25, 0.3) is 10.9 Å². The van der Waals surface area contributed by atoms with Gasteiger partial charge in [0.05, 0.1) is 24.9 Å². The SMILES string of the molecule is CCn1c(C)c(C(=O)NCc2ccnc(C)n2)c2cc(OC)ccc21. The molecule has 130 valence electrons. The van der Waals surface area contributed by atoms with Crippen molar-refractivity contribution in [1.29, 1.82) is 0 Å². The maximum absolute atomic E-state index is 12.9. The van der Waals surface area contributed by atoms with Crippen LogP contribution in [0.2, 0.25) is 0 Å². The van der Waals surface area contributed by atoms with E-state index in [9.17, 15) is 4.79 Å². The van der Waals surface area contributed by atoms with Crippen molar-refractivity contribution in [2.45, 2.75) is 33.9 Å². The number of aryl methyl sites for hydroxylation is 2. The summed E-state index contributed by atoms with van der Waals surface area (Å²) in [5.74, 6) is 1.32. The third-order valence-corrected chi connectivity index (χ3v) is 4.34. The summed E-state index contributed by atoms with van der Waals surface area (Å²) in [6.45, 7) is 7.04. The molecule has 0 saturated heterocycles. The fourth-order valence-corrected chi connectivity index (χ4v) is 3.15. The smallest absolute Gasteiger partial charge is 0.254 e. The van der Waals surface area contributed by atoms with Crippen LogP contribution < -0.4 is 10.1 Å². The van der Waals surface area contributed by atoms with Crippen molar-refractivity contribution in [2.24, 2.45) is 0 Å². The molecule has 1 amide bonds. The Morgan fingerprint density at radius 2 is 2.08 bits per heavy atom. The second-order valence-corrected chi connectivity index (χ2v) is 5.87. The van der Waals surface area contributed by atoms with Crippen molar-refractivity contribution in [3.05, 3.63) is 53.2 Å². The van der Waals surface area contributed by atoms with Gasteiger partial charge < -0.3 is 14.6 Å². The van der Waals surface area contributed by atoms with E-state index >= 15 is 0 Å². The van der Waals surface area contributed by atoms with Gasteiger partial charge in [0.25, 0.3) is 5.91 Å². The molecule has 1 N–H and O–H groups in total. The summed E-state index contributed by atoms with van der Waals surface area (Å²) in [6.07, 6.45) is 1.70. The Kier molecular flexibility index (Phi) is 4.70. The van der Waals surface area contributed by atoms with Crippen molar-refractivity contribution in [3.8, 4) is 5.75 Å². The Hall–Kier alpha value is -2.89. The van der Waals surface area contributed by atoms with E-state index in [1.165, 1.54) is 0 Å². The van der Waals surface area contributed by atoms with E-state index in [1.807, 2.05) is 32.0 Å². The Morgan fingerprint density at radius 3 is 2.76 bits per heavy atom. The molecule has 0 saturated carbocycles. The van der Waals surface area contributed by atoms with Crippen molar-refractivity contribution < 1.29 is 9.53 Å². The molecular weight excluding hydrogens is 316 g/mol. The van der Waals surface area contributed by atoms with E-state index in [0.717, 1.165) is 34.6 Å². The first-order valence-corrected chi connectivity index (χ1v) is 8.28. The van der Waals surface area contributed by atoms with E-state index in [0.29, 0.717) is 17.9 Å². The average molecular weight is 338 g/mol. The summed E-state index contributed by atoms with van der Waals surface area (Å²) in [5.41, 5.74) is 3.45. The fourth-order valence-electron chi connectivity index (χ4n) is 3.15. The van der Waals surface area contributed by atoms with Crippen molar-refractivity contribution in [1.82, 2.24) is 19.9 Å². The first kappa shape index (κ1) is 17.0. The Labute approximate surface area is 146 Å². The number of rotatable bonds is 5. The maximum Gasteiger partial charge on any atom is 0.254 e. The minimum absolute atomic E-state index is 0.112. The highest BCUT2D eigenvalue weighted by Gasteiger charge is 2.20. The second-order valence-electron chi connectivity index (χ2n) is 5.87. The molecule has 0 bridgehead atoms. The molecule has 6 heteroatoms. The van der Waals surface area contributed by atoms with Crippen LogP contribution in [-0.4, -0.2) is 27.6 Å². The number of aromatic nitrogens is 3. The Balaban J connectivity index is 1.96. The van der Waals surface area contributed by atoms with Gasteiger partial charge in [-0.2, -0.15) is 0 Å². The zero-order valence-corrected chi connectivity index (χ0v) is 15.0. The van der Waals surface area contributed by atoms with Crippen LogP contribution in [0.5, 0.6) is 5.75 Å². The maximum atomic E-state index is 12.9. The third kappa shape index (κ3) is 3.20.